The molecule has 3 heteroatoms. The van der Waals surface area contributed by atoms with Crippen molar-refractivity contribution >= 4 is 22.3 Å². The summed E-state index contributed by atoms with van der Waals surface area (Å²) in [4.78, 5) is 8.74. The van der Waals surface area contributed by atoms with Gasteiger partial charge < -0.3 is 14.8 Å². The second-order valence-corrected chi connectivity index (χ2v) is 11.2. The highest BCUT2D eigenvalue weighted by atomic mass is 15.1. The molecule has 4 rings (SSSR count). The molecule has 3 aromatic carbocycles. The highest BCUT2D eigenvalue weighted by Gasteiger charge is 2.22. The van der Waals surface area contributed by atoms with Crippen LogP contribution in [-0.4, -0.2) is 31.7 Å². The second kappa shape index (κ2) is 14.3. The molecule has 3 nitrogen and oxygen atoms in total. The van der Waals surface area contributed by atoms with Crippen LogP contribution in [0.25, 0.3) is 10.9 Å². The number of para-hydroxylation sites is 1. The number of nitrogens with zero attached hydrogens (tertiary/aromatic N) is 2. The smallest absolute Gasteiger partial charge is 0.0493 e. The molecule has 0 aliphatic heterocycles. The van der Waals surface area contributed by atoms with Crippen LogP contribution in [0.1, 0.15) is 94.0 Å². The van der Waals surface area contributed by atoms with Crippen molar-refractivity contribution in [3.63, 3.8) is 0 Å². The molecule has 208 valence electrons. The van der Waals surface area contributed by atoms with Crippen molar-refractivity contribution < 1.29 is 0 Å². The van der Waals surface area contributed by atoms with Crippen molar-refractivity contribution in [2.75, 3.05) is 36.5 Å². The number of aromatic nitrogens is 1. The van der Waals surface area contributed by atoms with Gasteiger partial charge in [-0.25, -0.2) is 0 Å². The molecule has 0 fully saturated rings. The Hall–Kier alpha value is -3.20. The van der Waals surface area contributed by atoms with Gasteiger partial charge in [-0.2, -0.15) is 0 Å². The Morgan fingerprint density at radius 1 is 0.692 bits per heavy atom. The van der Waals surface area contributed by atoms with Crippen molar-refractivity contribution in [2.24, 2.45) is 0 Å². The van der Waals surface area contributed by atoms with E-state index >= 15 is 0 Å². The second-order valence-electron chi connectivity index (χ2n) is 11.2. The predicted octanol–water partition coefficient (Wildman–Crippen LogP) is 9.69. The van der Waals surface area contributed by atoms with Crippen LogP contribution in [0.4, 0.5) is 11.4 Å². The van der Waals surface area contributed by atoms with E-state index in [0.29, 0.717) is 0 Å². The summed E-state index contributed by atoms with van der Waals surface area (Å²) in [6, 6.07) is 27.4. The molecule has 0 spiro atoms. The lowest BCUT2D eigenvalue weighted by atomic mass is 9.85. The molecule has 39 heavy (non-hydrogen) atoms. The third kappa shape index (κ3) is 7.26. The van der Waals surface area contributed by atoms with Gasteiger partial charge in [0.2, 0.25) is 0 Å². The molecule has 0 bridgehead atoms. The van der Waals surface area contributed by atoms with Crippen LogP contribution >= 0.6 is 0 Å². The number of H-pyrrole nitrogens is 1. The largest absolute Gasteiger partial charge is 0.375 e. The van der Waals surface area contributed by atoms with E-state index in [1.54, 1.807) is 0 Å². The van der Waals surface area contributed by atoms with Crippen LogP contribution in [-0.2, 0) is 0 Å². The Kier molecular flexibility index (Phi) is 10.5. The van der Waals surface area contributed by atoms with Gasteiger partial charge in [-0.15, -0.1) is 0 Å². The number of anilines is 2. The average Bonchev–Trinajstić information content (AvgIpc) is 3.38. The van der Waals surface area contributed by atoms with E-state index in [2.05, 4.69) is 122 Å². The molecule has 0 aliphatic rings. The van der Waals surface area contributed by atoms with Gasteiger partial charge in [0.05, 0.1) is 0 Å². The molecule has 1 aromatic heterocycles. The fraction of sp³-hybridized carbons (Fsp3) is 0.444. The Morgan fingerprint density at radius 2 is 1.36 bits per heavy atom. The molecule has 1 heterocycles. The molecule has 0 aliphatic carbocycles. The first-order valence-corrected chi connectivity index (χ1v) is 15.3. The fourth-order valence-corrected chi connectivity index (χ4v) is 5.67. The topological polar surface area (TPSA) is 22.3 Å². The molecule has 0 amide bonds. The van der Waals surface area contributed by atoms with E-state index in [1.807, 2.05) is 0 Å². The lowest BCUT2D eigenvalue weighted by molar-refractivity contribution is 0.678. The summed E-state index contributed by atoms with van der Waals surface area (Å²) in [6.07, 6.45) is 8.72. The van der Waals surface area contributed by atoms with Crippen LogP contribution in [0.5, 0.6) is 0 Å². The number of aromatic amines is 1. The van der Waals surface area contributed by atoms with Gasteiger partial charge in [0.1, 0.15) is 0 Å². The minimum absolute atomic E-state index is 0.158. The molecule has 1 N–H and O–H groups in total. The first-order valence-electron chi connectivity index (χ1n) is 15.3. The quantitative estimate of drug-likeness (QED) is 0.157. The molecular weight excluding hydrogens is 474 g/mol. The third-order valence-electron chi connectivity index (χ3n) is 8.12. The monoisotopic (exact) mass is 523 g/mol. The zero-order valence-corrected chi connectivity index (χ0v) is 25.0. The number of hydrogen-bond donors (Lipinski definition) is 1. The van der Waals surface area contributed by atoms with Gasteiger partial charge in [0, 0.05) is 55.2 Å². The minimum Gasteiger partial charge on any atom is -0.375 e. The molecule has 1 atom stereocenters. The average molecular weight is 524 g/mol. The molecule has 0 radical (unpaired) electrons. The van der Waals surface area contributed by atoms with E-state index in [-0.39, 0.29) is 5.92 Å². The Balaban J connectivity index is 1.69. The van der Waals surface area contributed by atoms with Gasteiger partial charge in [0.25, 0.3) is 0 Å². The van der Waals surface area contributed by atoms with E-state index in [1.165, 1.54) is 89.6 Å². The number of nitrogens with one attached hydrogen (secondary N) is 1. The molecule has 1 unspecified atom stereocenters. The van der Waals surface area contributed by atoms with Gasteiger partial charge in [-0.05, 0) is 84.7 Å². The number of unbranched alkanes of at least 4 members (excludes halogenated alkanes) is 4. The molecule has 4 aromatic rings. The lowest BCUT2D eigenvalue weighted by Crippen LogP contribution is -2.25. The fourth-order valence-electron chi connectivity index (χ4n) is 5.67. The maximum Gasteiger partial charge on any atom is 0.0493 e. The molecule has 0 saturated carbocycles. The first kappa shape index (κ1) is 28.8. The maximum atomic E-state index is 3.76. The maximum absolute atomic E-state index is 3.76. The van der Waals surface area contributed by atoms with Gasteiger partial charge in [-0.1, -0.05) is 82.9 Å². The molecular formula is C36H49N3. The van der Waals surface area contributed by atoms with Crippen LogP contribution in [0.2, 0.25) is 0 Å². The zero-order valence-electron chi connectivity index (χ0n) is 25.0. The summed E-state index contributed by atoms with van der Waals surface area (Å²) in [6.45, 7) is 12.5. The van der Waals surface area contributed by atoms with Crippen molar-refractivity contribution in [1.29, 1.82) is 0 Å². The highest BCUT2D eigenvalue weighted by Crippen LogP contribution is 2.37. The summed E-state index contributed by atoms with van der Waals surface area (Å²) in [5.41, 5.74) is 9.15. The number of hydrogen-bond acceptors (Lipinski definition) is 2. The Bertz CT molecular complexity index is 1250. The summed E-state index contributed by atoms with van der Waals surface area (Å²) < 4.78 is 0. The van der Waals surface area contributed by atoms with E-state index < -0.39 is 0 Å². The predicted molar refractivity (Wildman–Crippen MR) is 172 cm³/mol. The van der Waals surface area contributed by atoms with E-state index in [9.17, 15) is 0 Å². The highest BCUT2D eigenvalue weighted by molar-refractivity contribution is 5.81. The SMILES string of the molecule is CCCCCN(C)c1ccc(C(c2ccc(N(CCCC)CCCC)cc2)c2cc3ccccc3[nH]2)c(C)c1. The van der Waals surface area contributed by atoms with Crippen LogP contribution in [0.3, 0.4) is 0 Å². The van der Waals surface area contributed by atoms with Crippen LogP contribution < -0.4 is 9.80 Å². The van der Waals surface area contributed by atoms with Crippen LogP contribution in [0, 0.1) is 6.92 Å². The van der Waals surface area contributed by atoms with Crippen molar-refractivity contribution in [3.8, 4) is 0 Å². The van der Waals surface area contributed by atoms with E-state index in [0.717, 1.165) is 19.6 Å². The summed E-state index contributed by atoms with van der Waals surface area (Å²) >= 11 is 0. The third-order valence-corrected chi connectivity index (χ3v) is 8.12. The Morgan fingerprint density at radius 3 is 2.00 bits per heavy atom. The van der Waals surface area contributed by atoms with E-state index in [4.69, 9.17) is 0 Å². The normalized spacial score (nSPS) is 12.1. The number of fused-ring (bicyclic) bond motifs is 1. The minimum atomic E-state index is 0.158. The lowest BCUT2D eigenvalue weighted by Gasteiger charge is -2.26. The molecule has 0 saturated heterocycles. The number of aryl methyl sites for hydroxylation is 1. The van der Waals surface area contributed by atoms with Crippen LogP contribution in [0.15, 0.2) is 72.8 Å². The first-order chi connectivity index (χ1) is 19.0. The number of rotatable bonds is 15. The van der Waals surface area contributed by atoms with Crippen molar-refractivity contribution in [2.45, 2.75) is 78.6 Å². The summed E-state index contributed by atoms with van der Waals surface area (Å²) in [7, 11) is 2.22. The summed E-state index contributed by atoms with van der Waals surface area (Å²) in [5, 5.41) is 1.27. The van der Waals surface area contributed by atoms with Gasteiger partial charge in [-0.3, -0.25) is 0 Å². The standard InChI is InChI=1S/C36H49N3/c1-6-9-14-23-38(5)32-21-22-33(28(4)26-32)36(35-27-30-15-12-13-16-34(30)37-35)29-17-19-31(20-18-29)39(24-10-7-2)25-11-8-3/h12-13,15-22,26-27,36-37H,6-11,14,23-25H2,1-5H3. The van der Waals surface area contributed by atoms with Crippen molar-refractivity contribution in [1.82, 2.24) is 4.98 Å². The zero-order chi connectivity index (χ0) is 27.6. The number of benzene rings is 3. The van der Waals surface area contributed by atoms with Crippen molar-refractivity contribution in [3.05, 3.63) is 95.2 Å². The Labute approximate surface area is 237 Å². The summed E-state index contributed by atoms with van der Waals surface area (Å²) in [5.74, 6) is 0.158. The van der Waals surface area contributed by atoms with Gasteiger partial charge in [0.15, 0.2) is 0 Å². The van der Waals surface area contributed by atoms with Gasteiger partial charge >= 0.3 is 0 Å².